The first kappa shape index (κ1) is 18.9. The number of guanidine groups is 1. The van der Waals surface area contributed by atoms with E-state index < -0.39 is 0 Å². The predicted octanol–water partition coefficient (Wildman–Crippen LogP) is 3.36. The second-order valence-corrected chi connectivity index (χ2v) is 7.25. The minimum absolute atomic E-state index is 0.218. The zero-order valence-electron chi connectivity index (χ0n) is 16.3. The first-order valence-corrected chi connectivity index (χ1v) is 9.01. The number of aryl methyl sites for hydroxylation is 1. The number of rotatable bonds is 5. The third kappa shape index (κ3) is 4.27. The number of aliphatic imine (C=N–C) groups is 1. The zero-order chi connectivity index (χ0) is 19.4. The normalized spacial score (nSPS) is 12.4. The molecule has 1 aromatic heterocycles. The summed E-state index contributed by atoms with van der Waals surface area (Å²) in [5, 5.41) is 6.63. The molecular weight excluding hydrogens is 341 g/mol. The maximum Gasteiger partial charge on any atom is 0.191 e. The summed E-state index contributed by atoms with van der Waals surface area (Å²) in [5.74, 6) is 1.40. The van der Waals surface area contributed by atoms with Crippen LogP contribution in [0.2, 0.25) is 0 Å². The molecule has 0 atom stereocenters. The van der Waals surface area contributed by atoms with Gasteiger partial charge in [0.05, 0.1) is 17.6 Å². The Morgan fingerprint density at radius 1 is 1.15 bits per heavy atom. The smallest absolute Gasteiger partial charge is 0.191 e. The molecule has 0 aliphatic rings. The van der Waals surface area contributed by atoms with Gasteiger partial charge in [0.1, 0.15) is 11.6 Å². The molecule has 0 spiro atoms. The first-order chi connectivity index (χ1) is 12.9. The molecule has 0 aliphatic carbocycles. The lowest BCUT2D eigenvalue weighted by Crippen LogP contribution is -2.43. The zero-order valence-corrected chi connectivity index (χ0v) is 16.3. The Bertz CT molecular complexity index is 958. The van der Waals surface area contributed by atoms with Gasteiger partial charge in [0, 0.05) is 26.1 Å². The molecule has 6 heteroatoms. The van der Waals surface area contributed by atoms with Gasteiger partial charge in [-0.1, -0.05) is 38.1 Å². The molecule has 0 bridgehead atoms. The summed E-state index contributed by atoms with van der Waals surface area (Å²) in [6.45, 7) is 5.34. The van der Waals surface area contributed by atoms with Gasteiger partial charge in [-0.05, 0) is 29.8 Å². The van der Waals surface area contributed by atoms with Crippen LogP contribution in [0, 0.1) is 5.82 Å². The number of halogens is 1. The Morgan fingerprint density at radius 2 is 1.93 bits per heavy atom. The van der Waals surface area contributed by atoms with Crippen LogP contribution in [0.3, 0.4) is 0 Å². The lowest BCUT2D eigenvalue weighted by molar-refractivity contribution is 0.502. The van der Waals surface area contributed by atoms with Crippen LogP contribution < -0.4 is 10.6 Å². The second kappa shape index (κ2) is 7.78. The average Bonchev–Trinajstić information content (AvgIpc) is 2.98. The SMILES string of the molecule is CN=C(NCc1nc2ccccc2n1C)NCC(C)(C)c1cccc(F)c1. The fraction of sp³-hybridized carbons (Fsp3) is 0.333. The molecule has 0 saturated carbocycles. The van der Waals surface area contributed by atoms with Crippen molar-refractivity contribution in [1.29, 1.82) is 0 Å². The van der Waals surface area contributed by atoms with E-state index in [1.54, 1.807) is 19.2 Å². The van der Waals surface area contributed by atoms with Crippen molar-refractivity contribution in [1.82, 2.24) is 20.2 Å². The standard InChI is InChI=1S/C21H26FN5/c1-21(2,15-8-7-9-16(22)12-15)14-25-20(23-3)24-13-19-26-17-10-5-6-11-18(17)27(19)4/h5-12H,13-14H2,1-4H3,(H2,23,24,25). The van der Waals surface area contributed by atoms with Gasteiger partial charge in [-0.15, -0.1) is 0 Å². The van der Waals surface area contributed by atoms with Gasteiger partial charge in [0.25, 0.3) is 0 Å². The fourth-order valence-electron chi connectivity index (χ4n) is 3.05. The number of nitrogens with one attached hydrogen (secondary N) is 2. The summed E-state index contributed by atoms with van der Waals surface area (Å²) in [7, 11) is 3.75. The van der Waals surface area contributed by atoms with Crippen LogP contribution in [0.15, 0.2) is 53.5 Å². The number of para-hydroxylation sites is 2. The highest BCUT2D eigenvalue weighted by Gasteiger charge is 2.21. The maximum absolute atomic E-state index is 13.5. The molecule has 5 nitrogen and oxygen atoms in total. The first-order valence-electron chi connectivity index (χ1n) is 9.01. The van der Waals surface area contributed by atoms with Crippen LogP contribution in [0.25, 0.3) is 11.0 Å². The van der Waals surface area contributed by atoms with Gasteiger partial charge >= 0.3 is 0 Å². The third-order valence-corrected chi connectivity index (χ3v) is 4.82. The van der Waals surface area contributed by atoms with Crippen LogP contribution in [0.4, 0.5) is 4.39 Å². The molecule has 3 aromatic rings. The molecule has 3 rings (SSSR count). The molecule has 0 amide bonds. The van der Waals surface area contributed by atoms with Crippen molar-refractivity contribution in [2.45, 2.75) is 25.8 Å². The predicted molar refractivity (Wildman–Crippen MR) is 108 cm³/mol. The van der Waals surface area contributed by atoms with Crippen molar-refractivity contribution in [3.63, 3.8) is 0 Å². The highest BCUT2D eigenvalue weighted by atomic mass is 19.1. The number of hydrogen-bond donors (Lipinski definition) is 2. The molecule has 0 aliphatic heterocycles. The van der Waals surface area contributed by atoms with E-state index in [1.165, 1.54) is 6.07 Å². The Labute approximate surface area is 159 Å². The molecule has 0 radical (unpaired) electrons. The summed E-state index contributed by atoms with van der Waals surface area (Å²) in [6.07, 6.45) is 0. The molecule has 0 fully saturated rings. The minimum Gasteiger partial charge on any atom is -0.356 e. The number of nitrogens with zero attached hydrogens (tertiary/aromatic N) is 3. The number of hydrogen-bond acceptors (Lipinski definition) is 2. The molecule has 0 saturated heterocycles. The van der Waals surface area contributed by atoms with E-state index in [0.717, 1.165) is 22.4 Å². The summed E-state index contributed by atoms with van der Waals surface area (Å²) in [6, 6.07) is 14.8. The van der Waals surface area contributed by atoms with Crippen LogP contribution in [-0.4, -0.2) is 29.1 Å². The summed E-state index contributed by atoms with van der Waals surface area (Å²) < 4.78 is 15.6. The van der Waals surface area contributed by atoms with Crippen LogP contribution in [0.5, 0.6) is 0 Å². The van der Waals surface area contributed by atoms with Crippen molar-refractivity contribution in [3.05, 3.63) is 65.7 Å². The minimum atomic E-state index is -0.238. The van der Waals surface area contributed by atoms with E-state index in [2.05, 4.69) is 45.1 Å². The van der Waals surface area contributed by atoms with E-state index >= 15 is 0 Å². The maximum atomic E-state index is 13.5. The molecule has 27 heavy (non-hydrogen) atoms. The topological polar surface area (TPSA) is 54.2 Å². The van der Waals surface area contributed by atoms with Crippen LogP contribution in [-0.2, 0) is 19.0 Å². The number of benzene rings is 2. The van der Waals surface area contributed by atoms with E-state index in [-0.39, 0.29) is 11.2 Å². The molecule has 2 N–H and O–H groups in total. The third-order valence-electron chi connectivity index (χ3n) is 4.82. The van der Waals surface area contributed by atoms with E-state index in [4.69, 9.17) is 0 Å². The Hall–Kier alpha value is -2.89. The Morgan fingerprint density at radius 3 is 2.63 bits per heavy atom. The average molecular weight is 367 g/mol. The van der Waals surface area contributed by atoms with Crippen molar-refractivity contribution >= 4 is 17.0 Å². The van der Waals surface area contributed by atoms with Gasteiger partial charge in [-0.25, -0.2) is 9.37 Å². The van der Waals surface area contributed by atoms with E-state index in [1.807, 2.05) is 31.3 Å². The van der Waals surface area contributed by atoms with Gasteiger partial charge in [-0.2, -0.15) is 0 Å². The van der Waals surface area contributed by atoms with Gasteiger partial charge in [-0.3, -0.25) is 4.99 Å². The van der Waals surface area contributed by atoms with E-state index in [9.17, 15) is 4.39 Å². The lowest BCUT2D eigenvalue weighted by Gasteiger charge is -2.26. The Kier molecular flexibility index (Phi) is 5.44. The van der Waals surface area contributed by atoms with Crippen molar-refractivity contribution < 1.29 is 4.39 Å². The monoisotopic (exact) mass is 367 g/mol. The number of aromatic nitrogens is 2. The van der Waals surface area contributed by atoms with E-state index in [0.29, 0.717) is 19.0 Å². The van der Waals surface area contributed by atoms with Crippen molar-refractivity contribution in [2.75, 3.05) is 13.6 Å². The Balaban J connectivity index is 1.63. The molecule has 2 aromatic carbocycles. The molecule has 142 valence electrons. The van der Waals surface area contributed by atoms with Crippen molar-refractivity contribution in [3.8, 4) is 0 Å². The number of imidazole rings is 1. The molecular formula is C21H26FN5. The molecule has 1 heterocycles. The van der Waals surface area contributed by atoms with Gasteiger partial charge in [0.15, 0.2) is 5.96 Å². The number of fused-ring (bicyclic) bond motifs is 1. The summed E-state index contributed by atoms with van der Waals surface area (Å²) in [5.41, 5.74) is 2.79. The van der Waals surface area contributed by atoms with Crippen LogP contribution >= 0.6 is 0 Å². The molecule has 0 unspecified atom stereocenters. The highest BCUT2D eigenvalue weighted by molar-refractivity contribution is 5.80. The lowest BCUT2D eigenvalue weighted by atomic mass is 9.84. The highest BCUT2D eigenvalue weighted by Crippen LogP contribution is 2.22. The second-order valence-electron chi connectivity index (χ2n) is 7.25. The van der Waals surface area contributed by atoms with Crippen LogP contribution in [0.1, 0.15) is 25.2 Å². The quantitative estimate of drug-likeness (QED) is 0.537. The van der Waals surface area contributed by atoms with Gasteiger partial charge in [0.2, 0.25) is 0 Å². The largest absolute Gasteiger partial charge is 0.356 e. The summed E-state index contributed by atoms with van der Waals surface area (Å²) >= 11 is 0. The fourth-order valence-corrected chi connectivity index (χ4v) is 3.05. The summed E-state index contributed by atoms with van der Waals surface area (Å²) in [4.78, 5) is 8.95. The van der Waals surface area contributed by atoms with Crippen molar-refractivity contribution in [2.24, 2.45) is 12.0 Å². The van der Waals surface area contributed by atoms with Gasteiger partial charge < -0.3 is 15.2 Å².